The van der Waals surface area contributed by atoms with Gasteiger partial charge in [0.15, 0.2) is 0 Å². The Hall–Kier alpha value is -2.43. The largest absolute Gasteiger partial charge is 0.455 e. The summed E-state index contributed by atoms with van der Waals surface area (Å²) in [7, 11) is 0. The molecular weight excluding hydrogens is 564 g/mol. The molecule has 9 heteroatoms. The van der Waals surface area contributed by atoms with Gasteiger partial charge in [-0.2, -0.15) is 0 Å². The van der Waals surface area contributed by atoms with Gasteiger partial charge in [0.2, 0.25) is 0 Å². The molecule has 3 aliphatic rings. The fourth-order valence-electron chi connectivity index (χ4n) is 6.10. The molecule has 9 nitrogen and oxygen atoms in total. The number of aliphatic hydroxyl groups excluding tert-OH is 3. The summed E-state index contributed by atoms with van der Waals surface area (Å²) in [6, 6.07) is 0. The highest BCUT2D eigenvalue weighted by atomic mass is 16.6. The highest BCUT2D eigenvalue weighted by Crippen LogP contribution is 2.34. The molecular formula is C35H52O9. The van der Waals surface area contributed by atoms with Gasteiger partial charge in [-0.05, 0) is 57.6 Å². The molecule has 0 unspecified atom stereocenters. The van der Waals surface area contributed by atoms with Crippen molar-refractivity contribution in [3.05, 3.63) is 47.6 Å². The number of hydrogen-bond acceptors (Lipinski definition) is 9. The zero-order chi connectivity index (χ0) is 32.7. The molecule has 246 valence electrons. The van der Waals surface area contributed by atoms with Gasteiger partial charge in [0, 0.05) is 31.1 Å². The first-order chi connectivity index (χ1) is 20.7. The van der Waals surface area contributed by atoms with Crippen molar-refractivity contribution in [2.75, 3.05) is 0 Å². The summed E-state index contributed by atoms with van der Waals surface area (Å²) in [5, 5.41) is 32.7. The van der Waals surface area contributed by atoms with Gasteiger partial charge in [0.05, 0.1) is 36.9 Å². The van der Waals surface area contributed by atoms with Gasteiger partial charge < -0.3 is 29.5 Å². The smallest absolute Gasteiger partial charge is 0.309 e. The molecule has 4 bridgehead atoms. The number of fused-ring (bicyclic) bond motifs is 4. The standard InChI is InChI=1S/C35H52O9/c1-19(2)9-8-10-29-30-12-11-26(42-30)16-25(36)14-21(4)27(37)17-28(38)24(7)20(3)13-23(6)34(40)35(41)32-15-22(5)31(43-32)18-33(39)44-29/h8-10,13,21-22,24,26,28-32,34-35,38,40-41H,6,11-12,14-18H2,1-5,7H3/b10-8+,20-13+/t21-,22-,24-,26+,28-,29-,30-,31-,32+,34+,35-/m0/s1. The summed E-state index contributed by atoms with van der Waals surface area (Å²) in [6.07, 6.45) is 2.65. The third-order valence-electron chi connectivity index (χ3n) is 9.20. The van der Waals surface area contributed by atoms with Crippen molar-refractivity contribution in [1.82, 2.24) is 0 Å². The van der Waals surface area contributed by atoms with Gasteiger partial charge in [-0.1, -0.05) is 56.7 Å². The topological polar surface area (TPSA) is 140 Å². The molecule has 0 aromatic heterocycles. The van der Waals surface area contributed by atoms with Crippen LogP contribution in [0.3, 0.4) is 0 Å². The Kier molecular flexibility index (Phi) is 13.3. The zero-order valence-electron chi connectivity index (χ0n) is 27.1. The molecule has 3 aliphatic heterocycles. The second-order valence-electron chi connectivity index (χ2n) is 13.4. The third-order valence-corrected chi connectivity index (χ3v) is 9.20. The van der Waals surface area contributed by atoms with Crippen LogP contribution in [-0.4, -0.2) is 81.7 Å². The lowest BCUT2D eigenvalue weighted by Crippen LogP contribution is -2.38. The number of carbonyl (C=O) groups excluding carboxylic acids is 3. The number of ketones is 2. The normalized spacial score (nSPS) is 40.0. The molecule has 0 saturated carbocycles. The molecule has 3 rings (SSSR count). The highest BCUT2D eigenvalue weighted by molar-refractivity contribution is 5.88. The van der Waals surface area contributed by atoms with E-state index >= 15 is 0 Å². The lowest BCUT2D eigenvalue weighted by atomic mass is 9.87. The van der Waals surface area contributed by atoms with E-state index in [1.807, 2.05) is 32.9 Å². The van der Waals surface area contributed by atoms with Gasteiger partial charge in [-0.15, -0.1) is 0 Å². The van der Waals surface area contributed by atoms with Crippen LogP contribution in [0.1, 0.15) is 86.5 Å². The Morgan fingerprint density at radius 1 is 0.932 bits per heavy atom. The summed E-state index contributed by atoms with van der Waals surface area (Å²) in [4.78, 5) is 39.0. The van der Waals surface area contributed by atoms with E-state index in [0.29, 0.717) is 24.8 Å². The summed E-state index contributed by atoms with van der Waals surface area (Å²) in [5.41, 5.74) is 2.01. The van der Waals surface area contributed by atoms with Crippen LogP contribution in [0.25, 0.3) is 0 Å². The van der Waals surface area contributed by atoms with Crippen LogP contribution in [0.5, 0.6) is 0 Å². The SMILES string of the molecule is C=C1/C=C(\C)[C@H](C)[C@@H](O)CC(=O)[C@@H](C)CC(=O)C[C@H]2CC[C@H](O2)[C@H](/C=C/C=C(C)C)OC(=O)C[C@@H]2O[C@H](C[C@@H]2C)[C@H](O)[C@@H]1O. The lowest BCUT2D eigenvalue weighted by molar-refractivity contribution is -0.158. The molecule has 3 heterocycles. The van der Waals surface area contributed by atoms with Crippen molar-refractivity contribution in [3.8, 4) is 0 Å². The Morgan fingerprint density at radius 2 is 1.64 bits per heavy atom. The molecule has 0 amide bonds. The first-order valence-electron chi connectivity index (χ1n) is 15.9. The quantitative estimate of drug-likeness (QED) is 0.306. The number of hydrogen-bond donors (Lipinski definition) is 3. The third kappa shape index (κ3) is 10.0. The maximum Gasteiger partial charge on any atom is 0.309 e. The molecule has 0 spiro atoms. The fraction of sp³-hybridized carbons (Fsp3) is 0.686. The fourth-order valence-corrected chi connectivity index (χ4v) is 6.10. The Balaban J connectivity index is 1.85. The first-order valence-corrected chi connectivity index (χ1v) is 15.9. The summed E-state index contributed by atoms with van der Waals surface area (Å²) in [5.74, 6) is -1.81. The number of Topliss-reactive ketones (excluding diaryl/α,β-unsaturated/α-hetero) is 2. The van der Waals surface area contributed by atoms with Crippen molar-refractivity contribution in [3.63, 3.8) is 0 Å². The number of rotatable bonds is 2. The second-order valence-corrected chi connectivity index (χ2v) is 13.4. The molecule has 0 aromatic carbocycles. The van der Waals surface area contributed by atoms with E-state index < -0.39 is 60.5 Å². The minimum atomic E-state index is -1.33. The molecule has 11 atom stereocenters. The van der Waals surface area contributed by atoms with Gasteiger partial charge >= 0.3 is 5.97 Å². The average Bonchev–Trinajstić information content (AvgIpc) is 3.56. The van der Waals surface area contributed by atoms with E-state index in [1.54, 1.807) is 32.9 Å². The van der Waals surface area contributed by atoms with E-state index in [2.05, 4.69) is 6.58 Å². The molecule has 2 fully saturated rings. The predicted molar refractivity (Wildman–Crippen MR) is 167 cm³/mol. The van der Waals surface area contributed by atoms with E-state index in [4.69, 9.17) is 14.2 Å². The first kappa shape index (κ1) is 36.0. The highest BCUT2D eigenvalue weighted by Gasteiger charge is 2.41. The van der Waals surface area contributed by atoms with Crippen LogP contribution in [0, 0.1) is 17.8 Å². The maximum atomic E-state index is 13.1. The molecule has 44 heavy (non-hydrogen) atoms. The van der Waals surface area contributed by atoms with E-state index in [-0.39, 0.29) is 54.8 Å². The monoisotopic (exact) mass is 616 g/mol. The Morgan fingerprint density at radius 3 is 2.32 bits per heavy atom. The summed E-state index contributed by atoms with van der Waals surface area (Å²) >= 11 is 0. The number of aliphatic hydroxyl groups is 3. The number of carbonyl (C=O) groups is 3. The van der Waals surface area contributed by atoms with Crippen LogP contribution in [0.15, 0.2) is 47.6 Å². The van der Waals surface area contributed by atoms with Crippen LogP contribution in [0.4, 0.5) is 0 Å². The number of cyclic esters (lactones) is 1. The summed E-state index contributed by atoms with van der Waals surface area (Å²) in [6.45, 7) is 15.0. The Bertz CT molecular complexity index is 1130. The van der Waals surface area contributed by atoms with Crippen LogP contribution >= 0.6 is 0 Å². The lowest BCUT2D eigenvalue weighted by Gasteiger charge is -2.26. The molecule has 2 saturated heterocycles. The average molecular weight is 617 g/mol. The molecule has 3 N–H and O–H groups in total. The van der Waals surface area contributed by atoms with Crippen molar-refractivity contribution < 1.29 is 43.9 Å². The number of allylic oxidation sites excluding steroid dienone is 3. The predicted octanol–water partition coefficient (Wildman–Crippen LogP) is 4.33. The van der Waals surface area contributed by atoms with Crippen molar-refractivity contribution in [2.24, 2.45) is 17.8 Å². The zero-order valence-corrected chi connectivity index (χ0v) is 27.1. The maximum absolute atomic E-state index is 13.1. The molecule has 0 aliphatic carbocycles. The van der Waals surface area contributed by atoms with E-state index in [0.717, 1.165) is 5.57 Å². The minimum Gasteiger partial charge on any atom is -0.455 e. The minimum absolute atomic E-state index is 0.0244. The van der Waals surface area contributed by atoms with Crippen LogP contribution in [0.2, 0.25) is 0 Å². The number of ether oxygens (including phenoxy) is 3. The van der Waals surface area contributed by atoms with E-state index in [9.17, 15) is 29.7 Å². The van der Waals surface area contributed by atoms with Crippen molar-refractivity contribution >= 4 is 17.5 Å². The van der Waals surface area contributed by atoms with Gasteiger partial charge in [0.1, 0.15) is 29.9 Å². The second kappa shape index (κ2) is 16.2. The van der Waals surface area contributed by atoms with Crippen molar-refractivity contribution in [1.29, 1.82) is 0 Å². The van der Waals surface area contributed by atoms with E-state index in [1.165, 1.54) is 0 Å². The van der Waals surface area contributed by atoms with Gasteiger partial charge in [0.25, 0.3) is 0 Å². The summed E-state index contributed by atoms with van der Waals surface area (Å²) < 4.78 is 18.2. The molecule has 0 radical (unpaired) electrons. The van der Waals surface area contributed by atoms with Gasteiger partial charge in [-0.3, -0.25) is 14.4 Å². The van der Waals surface area contributed by atoms with Crippen LogP contribution in [-0.2, 0) is 28.6 Å². The van der Waals surface area contributed by atoms with Crippen LogP contribution < -0.4 is 0 Å². The number of esters is 1. The Labute approximate surface area is 262 Å². The molecule has 0 aromatic rings. The van der Waals surface area contributed by atoms with Gasteiger partial charge in [-0.25, -0.2) is 0 Å². The van der Waals surface area contributed by atoms with Crippen molar-refractivity contribution in [2.45, 2.75) is 135 Å².